The highest BCUT2D eigenvalue weighted by Gasteiger charge is 2.17. The predicted molar refractivity (Wildman–Crippen MR) is 82.2 cm³/mol. The third kappa shape index (κ3) is 4.23. The van der Waals surface area contributed by atoms with Crippen LogP contribution in [-0.2, 0) is 11.3 Å². The summed E-state index contributed by atoms with van der Waals surface area (Å²) >= 11 is 5.02. The standard InChI is InChI=1S/C15H21FN2OS/c1-18(8-11-3-2-6-19-10-11)9-12-7-13(16)4-5-14(12)15(17)20/h4-5,7,11H,2-3,6,8-10H2,1H3,(H2,17,20). The number of benzene rings is 1. The number of ether oxygens (including phenoxy) is 1. The number of hydrogen-bond donors (Lipinski definition) is 1. The third-order valence-corrected chi connectivity index (χ3v) is 3.82. The van der Waals surface area contributed by atoms with Crippen molar-refractivity contribution < 1.29 is 9.13 Å². The van der Waals surface area contributed by atoms with E-state index in [1.54, 1.807) is 6.07 Å². The normalized spacial score (nSPS) is 19.2. The van der Waals surface area contributed by atoms with Gasteiger partial charge < -0.3 is 15.4 Å². The first-order chi connectivity index (χ1) is 9.56. The van der Waals surface area contributed by atoms with E-state index in [9.17, 15) is 4.39 Å². The molecule has 0 amide bonds. The molecule has 2 N–H and O–H groups in total. The number of halogens is 1. The first kappa shape index (κ1) is 15.4. The zero-order valence-corrected chi connectivity index (χ0v) is 12.6. The van der Waals surface area contributed by atoms with Crippen LogP contribution in [0.3, 0.4) is 0 Å². The van der Waals surface area contributed by atoms with Crippen LogP contribution in [0.25, 0.3) is 0 Å². The maximum absolute atomic E-state index is 13.4. The smallest absolute Gasteiger partial charge is 0.123 e. The lowest BCUT2D eigenvalue weighted by molar-refractivity contribution is 0.0411. The van der Waals surface area contributed by atoms with E-state index in [1.807, 2.05) is 7.05 Å². The fourth-order valence-electron chi connectivity index (χ4n) is 2.68. The molecule has 1 aliphatic heterocycles. The summed E-state index contributed by atoms with van der Waals surface area (Å²) in [4.78, 5) is 2.49. The molecule has 1 fully saturated rings. The first-order valence-electron chi connectivity index (χ1n) is 6.91. The molecule has 1 saturated heterocycles. The largest absolute Gasteiger partial charge is 0.389 e. The summed E-state index contributed by atoms with van der Waals surface area (Å²) in [6.45, 7) is 3.26. The zero-order chi connectivity index (χ0) is 14.5. The van der Waals surface area contributed by atoms with Crippen molar-refractivity contribution in [3.63, 3.8) is 0 Å². The number of hydrogen-bond acceptors (Lipinski definition) is 3. The van der Waals surface area contributed by atoms with Gasteiger partial charge in [0.15, 0.2) is 0 Å². The van der Waals surface area contributed by atoms with E-state index in [4.69, 9.17) is 22.7 Å². The van der Waals surface area contributed by atoms with E-state index in [0.717, 1.165) is 37.3 Å². The molecule has 1 aliphatic rings. The lowest BCUT2D eigenvalue weighted by Gasteiger charge is -2.27. The second kappa shape index (κ2) is 7.11. The molecule has 1 atom stereocenters. The minimum atomic E-state index is -0.255. The Bertz CT molecular complexity index is 475. The van der Waals surface area contributed by atoms with E-state index >= 15 is 0 Å². The van der Waals surface area contributed by atoms with Gasteiger partial charge in [0.1, 0.15) is 10.8 Å². The Morgan fingerprint density at radius 3 is 3.00 bits per heavy atom. The Labute approximate surface area is 124 Å². The number of nitrogens with zero attached hydrogens (tertiary/aromatic N) is 1. The van der Waals surface area contributed by atoms with Crippen LogP contribution < -0.4 is 5.73 Å². The summed E-state index contributed by atoms with van der Waals surface area (Å²) in [5.74, 6) is 0.296. The topological polar surface area (TPSA) is 38.5 Å². The quantitative estimate of drug-likeness (QED) is 0.846. The molecule has 0 saturated carbocycles. The number of thiocarbonyl (C=S) groups is 1. The average Bonchev–Trinajstić information content (AvgIpc) is 2.39. The van der Waals surface area contributed by atoms with Crippen molar-refractivity contribution in [3.05, 3.63) is 35.1 Å². The molecule has 0 aliphatic carbocycles. The van der Waals surface area contributed by atoms with Gasteiger partial charge in [-0.05, 0) is 49.6 Å². The molecule has 3 nitrogen and oxygen atoms in total. The number of nitrogens with two attached hydrogens (primary N) is 1. The summed E-state index contributed by atoms with van der Waals surface area (Å²) in [6, 6.07) is 4.57. The van der Waals surface area contributed by atoms with Gasteiger partial charge in [0.2, 0.25) is 0 Å². The molecule has 0 aromatic heterocycles. The molecule has 5 heteroatoms. The van der Waals surface area contributed by atoms with Crippen LogP contribution in [0.15, 0.2) is 18.2 Å². The Hall–Kier alpha value is -1.04. The van der Waals surface area contributed by atoms with E-state index in [2.05, 4.69) is 4.90 Å². The van der Waals surface area contributed by atoms with E-state index in [-0.39, 0.29) is 5.82 Å². The first-order valence-corrected chi connectivity index (χ1v) is 7.31. The van der Waals surface area contributed by atoms with Crippen LogP contribution in [0.1, 0.15) is 24.0 Å². The summed E-state index contributed by atoms with van der Waals surface area (Å²) in [6.07, 6.45) is 2.31. The van der Waals surface area contributed by atoms with Crippen LogP contribution in [0.2, 0.25) is 0 Å². The summed E-state index contributed by atoms with van der Waals surface area (Å²) < 4.78 is 18.9. The van der Waals surface area contributed by atoms with Crippen molar-refractivity contribution in [2.24, 2.45) is 11.7 Å². The average molecular weight is 296 g/mol. The monoisotopic (exact) mass is 296 g/mol. The van der Waals surface area contributed by atoms with Gasteiger partial charge in [-0.25, -0.2) is 4.39 Å². The summed E-state index contributed by atoms with van der Waals surface area (Å²) in [7, 11) is 2.03. The SMILES string of the molecule is CN(Cc1cc(F)ccc1C(N)=S)CC1CCCOC1. The van der Waals surface area contributed by atoms with Gasteiger partial charge in [0.25, 0.3) is 0 Å². The van der Waals surface area contributed by atoms with Crippen molar-refractivity contribution in [2.75, 3.05) is 26.8 Å². The summed E-state index contributed by atoms with van der Waals surface area (Å²) in [5, 5.41) is 0. The van der Waals surface area contributed by atoms with Crippen molar-refractivity contribution >= 4 is 17.2 Å². The molecule has 0 spiro atoms. The van der Waals surface area contributed by atoms with Crippen LogP contribution in [0.4, 0.5) is 4.39 Å². The fraction of sp³-hybridized carbons (Fsp3) is 0.533. The van der Waals surface area contributed by atoms with Gasteiger partial charge in [-0.2, -0.15) is 0 Å². The van der Waals surface area contributed by atoms with Crippen molar-refractivity contribution in [1.29, 1.82) is 0 Å². The minimum Gasteiger partial charge on any atom is -0.389 e. The fourth-order valence-corrected chi connectivity index (χ4v) is 2.88. The van der Waals surface area contributed by atoms with Gasteiger partial charge in [0.05, 0.1) is 6.61 Å². The van der Waals surface area contributed by atoms with Gasteiger partial charge in [-0.3, -0.25) is 0 Å². The Morgan fingerprint density at radius 1 is 1.55 bits per heavy atom. The molecule has 1 aromatic rings. The van der Waals surface area contributed by atoms with Crippen molar-refractivity contribution in [2.45, 2.75) is 19.4 Å². The van der Waals surface area contributed by atoms with Crippen LogP contribution >= 0.6 is 12.2 Å². The lowest BCUT2D eigenvalue weighted by atomic mass is 10.0. The van der Waals surface area contributed by atoms with Gasteiger partial charge in [-0.1, -0.05) is 12.2 Å². The molecule has 110 valence electrons. The highest BCUT2D eigenvalue weighted by atomic mass is 32.1. The second-order valence-electron chi connectivity index (χ2n) is 5.45. The number of rotatable bonds is 5. The lowest BCUT2D eigenvalue weighted by Crippen LogP contribution is -2.31. The van der Waals surface area contributed by atoms with E-state index in [1.165, 1.54) is 18.6 Å². The maximum Gasteiger partial charge on any atom is 0.123 e. The molecule has 0 radical (unpaired) electrons. The van der Waals surface area contributed by atoms with Crippen LogP contribution in [0.5, 0.6) is 0 Å². The van der Waals surface area contributed by atoms with Gasteiger partial charge >= 0.3 is 0 Å². The summed E-state index contributed by atoms with van der Waals surface area (Å²) in [5.41, 5.74) is 7.30. The highest BCUT2D eigenvalue weighted by molar-refractivity contribution is 7.80. The Morgan fingerprint density at radius 2 is 2.35 bits per heavy atom. The molecule has 1 aromatic carbocycles. The molecule has 20 heavy (non-hydrogen) atoms. The molecular weight excluding hydrogens is 275 g/mol. The van der Waals surface area contributed by atoms with Gasteiger partial charge in [-0.15, -0.1) is 0 Å². The van der Waals surface area contributed by atoms with Gasteiger partial charge in [0, 0.05) is 25.3 Å². The van der Waals surface area contributed by atoms with Crippen LogP contribution in [-0.4, -0.2) is 36.7 Å². The molecule has 2 rings (SSSR count). The van der Waals surface area contributed by atoms with Crippen molar-refractivity contribution in [1.82, 2.24) is 4.90 Å². The Balaban J connectivity index is 2.00. The molecule has 1 unspecified atom stereocenters. The second-order valence-corrected chi connectivity index (χ2v) is 5.89. The van der Waals surface area contributed by atoms with Crippen molar-refractivity contribution in [3.8, 4) is 0 Å². The third-order valence-electron chi connectivity index (χ3n) is 3.60. The maximum atomic E-state index is 13.4. The van der Waals surface area contributed by atoms with Crippen LogP contribution in [0, 0.1) is 11.7 Å². The van der Waals surface area contributed by atoms with E-state index < -0.39 is 0 Å². The highest BCUT2D eigenvalue weighted by Crippen LogP contribution is 2.18. The molecule has 0 bridgehead atoms. The molecule has 1 heterocycles. The van der Waals surface area contributed by atoms with E-state index in [0.29, 0.717) is 17.5 Å². The molecular formula is C15H21FN2OS. The Kier molecular flexibility index (Phi) is 5.46. The minimum absolute atomic E-state index is 0.255. The zero-order valence-electron chi connectivity index (χ0n) is 11.8. The predicted octanol–water partition coefficient (Wildman–Crippen LogP) is 2.32.